The molecule has 7 nitrogen and oxygen atoms in total. The Morgan fingerprint density at radius 3 is 2.63 bits per heavy atom. The molecule has 0 bridgehead atoms. The zero-order valence-corrected chi connectivity index (χ0v) is 17.6. The number of amides is 3. The molecule has 30 heavy (non-hydrogen) atoms. The van der Waals surface area contributed by atoms with Gasteiger partial charge in [0, 0.05) is 12.4 Å². The minimum Gasteiger partial charge on any atom is -0.283 e. The summed E-state index contributed by atoms with van der Waals surface area (Å²) in [6.45, 7) is 1.59. The number of nitrogens with zero attached hydrogens (tertiary/aromatic N) is 2. The standard InChI is InChI=1S/C21H18N4O3S2/c1-14(10-15-6-3-2-4-7-15)11-17-20(28)25(21(29)30-17)13-18(26)23-24-19(27)16-8-5-9-22-12-16/h2-12H,13H2,1H3,(H,23,26)(H,24,27)/b14-10+,17-11-. The van der Waals surface area contributed by atoms with E-state index in [-0.39, 0.29) is 16.8 Å². The molecular formula is C21H18N4O3S2. The quantitative estimate of drug-likeness (QED) is 0.424. The number of carbonyl (C=O) groups excluding carboxylic acids is 3. The zero-order chi connectivity index (χ0) is 21.5. The molecular weight excluding hydrogens is 420 g/mol. The van der Waals surface area contributed by atoms with E-state index in [0.29, 0.717) is 10.5 Å². The molecule has 0 unspecified atom stereocenters. The number of hydrazine groups is 1. The van der Waals surface area contributed by atoms with Gasteiger partial charge in [-0.15, -0.1) is 0 Å². The highest BCUT2D eigenvalue weighted by atomic mass is 32.2. The highest BCUT2D eigenvalue weighted by molar-refractivity contribution is 8.26. The molecule has 0 atom stereocenters. The van der Waals surface area contributed by atoms with Crippen molar-refractivity contribution in [2.24, 2.45) is 0 Å². The van der Waals surface area contributed by atoms with Gasteiger partial charge in [-0.25, -0.2) is 0 Å². The number of allylic oxidation sites excluding steroid dienone is 2. The van der Waals surface area contributed by atoms with E-state index >= 15 is 0 Å². The Bertz CT molecular complexity index is 1040. The van der Waals surface area contributed by atoms with Crippen LogP contribution in [-0.2, 0) is 9.59 Å². The van der Waals surface area contributed by atoms with Gasteiger partial charge in [-0.3, -0.25) is 35.1 Å². The molecule has 1 fully saturated rings. The Morgan fingerprint density at radius 1 is 1.17 bits per heavy atom. The summed E-state index contributed by atoms with van der Waals surface area (Å²) < 4.78 is 0.285. The average molecular weight is 439 g/mol. The highest BCUT2D eigenvalue weighted by Crippen LogP contribution is 2.31. The molecule has 0 aliphatic carbocycles. The second-order valence-electron chi connectivity index (χ2n) is 6.31. The van der Waals surface area contributed by atoms with Crippen molar-refractivity contribution >= 4 is 52.1 Å². The van der Waals surface area contributed by atoms with Gasteiger partial charge in [0.05, 0.1) is 10.5 Å². The Balaban J connectivity index is 1.58. The molecule has 1 aliphatic heterocycles. The Labute approximate surface area is 183 Å². The van der Waals surface area contributed by atoms with Crippen LogP contribution in [0.4, 0.5) is 0 Å². The number of nitrogens with one attached hydrogen (secondary N) is 2. The van der Waals surface area contributed by atoms with Crippen molar-refractivity contribution in [3.8, 4) is 0 Å². The third-order valence-electron chi connectivity index (χ3n) is 3.97. The van der Waals surface area contributed by atoms with Crippen LogP contribution in [0, 0.1) is 0 Å². The third kappa shape index (κ3) is 5.62. The van der Waals surface area contributed by atoms with E-state index in [9.17, 15) is 14.4 Å². The van der Waals surface area contributed by atoms with Gasteiger partial charge in [0.2, 0.25) is 0 Å². The number of aromatic nitrogens is 1. The Kier molecular flexibility index (Phi) is 7.10. The first-order valence-corrected chi connectivity index (χ1v) is 10.1. The largest absolute Gasteiger partial charge is 0.283 e. The van der Waals surface area contributed by atoms with E-state index in [1.807, 2.05) is 43.3 Å². The molecule has 2 N–H and O–H groups in total. The van der Waals surface area contributed by atoms with E-state index in [2.05, 4.69) is 15.8 Å². The van der Waals surface area contributed by atoms with Gasteiger partial charge in [-0.2, -0.15) is 0 Å². The molecule has 3 rings (SSSR count). The first kappa shape index (κ1) is 21.4. The zero-order valence-electron chi connectivity index (χ0n) is 16.0. The van der Waals surface area contributed by atoms with Crippen molar-refractivity contribution in [2.45, 2.75) is 6.92 Å². The molecule has 152 valence electrons. The summed E-state index contributed by atoms with van der Waals surface area (Å²) in [7, 11) is 0. The summed E-state index contributed by atoms with van der Waals surface area (Å²) in [4.78, 5) is 42.2. The van der Waals surface area contributed by atoms with Crippen molar-refractivity contribution in [3.63, 3.8) is 0 Å². The lowest BCUT2D eigenvalue weighted by molar-refractivity contribution is -0.129. The highest BCUT2D eigenvalue weighted by Gasteiger charge is 2.33. The summed E-state index contributed by atoms with van der Waals surface area (Å²) in [5.74, 6) is -1.43. The molecule has 9 heteroatoms. The molecule has 1 saturated heterocycles. The van der Waals surface area contributed by atoms with E-state index in [4.69, 9.17) is 12.2 Å². The van der Waals surface area contributed by atoms with Gasteiger partial charge in [-0.05, 0) is 36.3 Å². The van der Waals surface area contributed by atoms with Gasteiger partial charge in [-0.1, -0.05) is 60.4 Å². The summed E-state index contributed by atoms with van der Waals surface area (Å²) in [6, 6.07) is 12.9. The number of hydrogen-bond acceptors (Lipinski definition) is 6. The molecule has 3 amide bonds. The van der Waals surface area contributed by atoms with Crippen LogP contribution < -0.4 is 10.9 Å². The maximum Gasteiger partial charge on any atom is 0.271 e. The molecule has 1 aromatic carbocycles. The summed E-state index contributed by atoms with van der Waals surface area (Å²) in [5, 5.41) is 0. The van der Waals surface area contributed by atoms with Crippen molar-refractivity contribution < 1.29 is 14.4 Å². The summed E-state index contributed by atoms with van der Waals surface area (Å²) >= 11 is 6.38. The van der Waals surface area contributed by atoms with Crippen LogP contribution in [0.1, 0.15) is 22.8 Å². The molecule has 0 spiro atoms. The average Bonchev–Trinajstić information content (AvgIpc) is 3.00. The normalized spacial score (nSPS) is 15.4. The van der Waals surface area contributed by atoms with Crippen LogP contribution >= 0.6 is 24.0 Å². The van der Waals surface area contributed by atoms with E-state index in [1.165, 1.54) is 17.3 Å². The number of thiocarbonyl (C=S) groups is 1. The predicted octanol–water partition coefficient (Wildman–Crippen LogP) is 2.69. The monoisotopic (exact) mass is 438 g/mol. The number of thioether (sulfide) groups is 1. The minimum absolute atomic E-state index is 0.285. The topological polar surface area (TPSA) is 91.4 Å². The van der Waals surface area contributed by atoms with Gasteiger partial charge in [0.1, 0.15) is 10.9 Å². The second kappa shape index (κ2) is 9.95. The number of hydrogen-bond donors (Lipinski definition) is 2. The molecule has 0 radical (unpaired) electrons. The van der Waals surface area contributed by atoms with Gasteiger partial charge < -0.3 is 0 Å². The van der Waals surface area contributed by atoms with Crippen molar-refractivity contribution in [1.29, 1.82) is 0 Å². The fourth-order valence-electron chi connectivity index (χ4n) is 2.58. The molecule has 1 aromatic heterocycles. The summed E-state index contributed by atoms with van der Waals surface area (Å²) in [5.41, 5.74) is 6.76. The van der Waals surface area contributed by atoms with Crippen molar-refractivity contribution in [1.82, 2.24) is 20.7 Å². The first-order valence-electron chi connectivity index (χ1n) is 8.92. The third-order valence-corrected chi connectivity index (χ3v) is 5.34. The SMILES string of the molecule is CC(/C=C1\SC(=S)N(CC(=O)NNC(=O)c2cccnc2)C1=O)=C\c1ccccc1. The lowest BCUT2D eigenvalue weighted by Gasteiger charge is -2.14. The van der Waals surface area contributed by atoms with Crippen LogP contribution in [0.25, 0.3) is 6.08 Å². The molecule has 1 aliphatic rings. The number of benzene rings is 1. The lowest BCUT2D eigenvalue weighted by atomic mass is 10.1. The van der Waals surface area contributed by atoms with Crippen molar-refractivity contribution in [2.75, 3.05) is 6.54 Å². The van der Waals surface area contributed by atoms with Crippen LogP contribution in [0.3, 0.4) is 0 Å². The van der Waals surface area contributed by atoms with Crippen LogP contribution in [0.2, 0.25) is 0 Å². The maximum absolute atomic E-state index is 12.6. The smallest absolute Gasteiger partial charge is 0.271 e. The van der Waals surface area contributed by atoms with Crippen LogP contribution in [0.15, 0.2) is 71.4 Å². The molecule has 2 heterocycles. The Hall–Kier alpha value is -3.30. The first-order chi connectivity index (χ1) is 14.4. The fourth-order valence-corrected chi connectivity index (χ4v) is 3.88. The van der Waals surface area contributed by atoms with E-state index in [1.54, 1.807) is 18.2 Å². The predicted molar refractivity (Wildman–Crippen MR) is 120 cm³/mol. The van der Waals surface area contributed by atoms with Crippen LogP contribution in [-0.4, -0.2) is 38.5 Å². The van der Waals surface area contributed by atoms with Gasteiger partial charge >= 0.3 is 0 Å². The van der Waals surface area contributed by atoms with E-state index in [0.717, 1.165) is 22.9 Å². The second-order valence-corrected chi connectivity index (χ2v) is 7.99. The fraction of sp³-hybridized carbons (Fsp3) is 0.0952. The number of pyridine rings is 1. The van der Waals surface area contributed by atoms with Gasteiger partial charge in [0.15, 0.2) is 0 Å². The molecule has 0 saturated carbocycles. The minimum atomic E-state index is -0.568. The van der Waals surface area contributed by atoms with Gasteiger partial charge in [0.25, 0.3) is 17.7 Å². The lowest BCUT2D eigenvalue weighted by Crippen LogP contribution is -2.47. The van der Waals surface area contributed by atoms with Crippen LogP contribution in [0.5, 0.6) is 0 Å². The number of rotatable bonds is 5. The number of carbonyl (C=O) groups is 3. The Morgan fingerprint density at radius 2 is 1.93 bits per heavy atom. The molecule has 2 aromatic rings. The maximum atomic E-state index is 12.6. The van der Waals surface area contributed by atoms with E-state index < -0.39 is 11.8 Å². The van der Waals surface area contributed by atoms with Crippen molar-refractivity contribution in [3.05, 3.63) is 82.5 Å². The summed E-state index contributed by atoms with van der Waals surface area (Å²) in [6.07, 6.45) is 6.61.